The molecule has 33 heavy (non-hydrogen) atoms. The lowest BCUT2D eigenvalue weighted by Gasteiger charge is -2.22. The molecule has 6 nitrogen and oxygen atoms in total. The minimum atomic E-state index is -0.149. The van der Waals surface area contributed by atoms with Crippen molar-refractivity contribution in [1.82, 2.24) is 14.7 Å². The number of carbonyl (C=O) groups excluding carboxylic acids is 1. The molecule has 0 saturated carbocycles. The van der Waals surface area contributed by atoms with Gasteiger partial charge in [0.05, 0.1) is 0 Å². The highest BCUT2D eigenvalue weighted by Crippen LogP contribution is 2.31. The number of aryl methyl sites for hydroxylation is 1. The third-order valence-corrected chi connectivity index (χ3v) is 5.39. The Kier molecular flexibility index (Phi) is 6.20. The fraction of sp³-hybridized carbons (Fsp3) is 0.259. The lowest BCUT2D eigenvalue weighted by atomic mass is 10.1. The number of pyridine rings is 1. The summed E-state index contributed by atoms with van der Waals surface area (Å²) < 4.78 is 2.00. The van der Waals surface area contributed by atoms with Crippen molar-refractivity contribution in [3.8, 4) is 11.3 Å². The highest BCUT2D eigenvalue weighted by atomic mass is 16.1. The van der Waals surface area contributed by atoms with Crippen LogP contribution < -0.4 is 16.4 Å². The van der Waals surface area contributed by atoms with Crippen LogP contribution in [0.1, 0.15) is 47.8 Å². The summed E-state index contributed by atoms with van der Waals surface area (Å²) >= 11 is 0. The van der Waals surface area contributed by atoms with Gasteiger partial charge in [-0.1, -0.05) is 54.1 Å². The number of fused-ring (bicyclic) bond motifs is 1. The molecule has 170 valence electrons. The van der Waals surface area contributed by atoms with Crippen LogP contribution in [0.2, 0.25) is 0 Å². The van der Waals surface area contributed by atoms with Crippen LogP contribution in [0.15, 0.2) is 66.9 Å². The van der Waals surface area contributed by atoms with Gasteiger partial charge in [0.2, 0.25) is 0 Å². The van der Waals surface area contributed by atoms with Crippen LogP contribution in [0.25, 0.3) is 16.9 Å². The van der Waals surface area contributed by atoms with E-state index < -0.39 is 0 Å². The molecule has 0 unspecified atom stereocenters. The van der Waals surface area contributed by atoms with Gasteiger partial charge in [-0.15, -0.1) is 0 Å². The van der Waals surface area contributed by atoms with Gasteiger partial charge in [0.15, 0.2) is 0 Å². The highest BCUT2D eigenvalue weighted by Gasteiger charge is 2.20. The third-order valence-electron chi connectivity index (χ3n) is 5.39. The Labute approximate surface area is 194 Å². The summed E-state index contributed by atoms with van der Waals surface area (Å²) in [6, 6.07) is 19.9. The van der Waals surface area contributed by atoms with Crippen molar-refractivity contribution in [1.29, 1.82) is 0 Å². The minimum absolute atomic E-state index is 0.138. The molecule has 0 radical (unpaired) electrons. The second-order valence-electron chi connectivity index (χ2n) is 9.40. The van der Waals surface area contributed by atoms with Crippen LogP contribution in [-0.4, -0.2) is 20.8 Å². The van der Waals surface area contributed by atoms with Gasteiger partial charge in [-0.25, -0.2) is 4.98 Å². The molecule has 0 aliphatic rings. The predicted octanol–water partition coefficient (Wildman–Crippen LogP) is 4.91. The average molecular weight is 442 g/mol. The molecule has 4 rings (SSSR count). The molecule has 6 heteroatoms. The van der Waals surface area contributed by atoms with Gasteiger partial charge in [-0.2, -0.15) is 0 Å². The summed E-state index contributed by atoms with van der Waals surface area (Å²) in [4.78, 5) is 17.7. The third kappa shape index (κ3) is 5.23. The van der Waals surface area contributed by atoms with Crippen molar-refractivity contribution in [3.63, 3.8) is 0 Å². The van der Waals surface area contributed by atoms with Crippen LogP contribution in [0, 0.1) is 6.92 Å². The van der Waals surface area contributed by atoms with E-state index in [2.05, 4.69) is 62.6 Å². The maximum atomic E-state index is 12.9. The summed E-state index contributed by atoms with van der Waals surface area (Å²) in [5.41, 5.74) is 12.0. The van der Waals surface area contributed by atoms with E-state index in [0.29, 0.717) is 18.7 Å². The van der Waals surface area contributed by atoms with Crippen LogP contribution >= 0.6 is 0 Å². The first kappa shape index (κ1) is 22.6. The number of amides is 1. The van der Waals surface area contributed by atoms with Crippen LogP contribution in [0.3, 0.4) is 0 Å². The topological polar surface area (TPSA) is 84.5 Å². The second kappa shape index (κ2) is 9.08. The number of rotatable bonds is 6. The number of nitrogens with zero attached hydrogens (tertiary/aromatic N) is 2. The summed E-state index contributed by atoms with van der Waals surface area (Å²) in [6.07, 6.45) is 1.90. The van der Waals surface area contributed by atoms with E-state index in [4.69, 9.17) is 10.7 Å². The molecule has 0 saturated heterocycles. The molecule has 0 atom stereocenters. The van der Waals surface area contributed by atoms with Crippen molar-refractivity contribution in [2.75, 3.05) is 5.32 Å². The molecular formula is C27H31N5O. The predicted molar refractivity (Wildman–Crippen MR) is 134 cm³/mol. The Balaban J connectivity index is 1.65. The first-order chi connectivity index (χ1) is 15.7. The van der Waals surface area contributed by atoms with E-state index in [1.54, 1.807) is 0 Å². The average Bonchev–Trinajstić information content (AvgIpc) is 3.14. The fourth-order valence-electron chi connectivity index (χ4n) is 3.72. The minimum Gasteiger partial charge on any atom is -0.365 e. The first-order valence-electron chi connectivity index (χ1n) is 11.2. The lowest BCUT2D eigenvalue weighted by Crippen LogP contribution is -2.27. The molecule has 4 aromatic rings. The summed E-state index contributed by atoms with van der Waals surface area (Å²) in [7, 11) is 0. The molecular weight excluding hydrogens is 410 g/mol. The first-order valence-corrected chi connectivity index (χ1v) is 11.2. The summed E-state index contributed by atoms with van der Waals surface area (Å²) in [5, 5.41) is 6.58. The van der Waals surface area contributed by atoms with E-state index in [-0.39, 0.29) is 11.4 Å². The molecule has 2 heterocycles. The van der Waals surface area contributed by atoms with Gasteiger partial charge in [0, 0.05) is 36.0 Å². The Morgan fingerprint density at radius 1 is 1.03 bits per heavy atom. The van der Waals surface area contributed by atoms with E-state index in [0.717, 1.165) is 33.8 Å². The number of hydrogen-bond acceptors (Lipinski definition) is 4. The number of anilines is 1. The molecule has 1 amide bonds. The Hall–Kier alpha value is -3.64. The maximum Gasteiger partial charge on any atom is 0.251 e. The highest BCUT2D eigenvalue weighted by molar-refractivity contribution is 5.95. The van der Waals surface area contributed by atoms with E-state index in [1.807, 2.05) is 47.0 Å². The SMILES string of the molecule is Cc1ccc(-c2nc3cc(C(=O)NCc4cccc(CN)c4)ccn3c2NC(C)(C)C)cc1. The Morgan fingerprint density at radius 3 is 2.45 bits per heavy atom. The van der Waals surface area contributed by atoms with Crippen molar-refractivity contribution in [2.45, 2.75) is 46.3 Å². The normalized spacial score (nSPS) is 11.5. The zero-order valence-electron chi connectivity index (χ0n) is 19.6. The quantitative estimate of drug-likeness (QED) is 0.397. The van der Waals surface area contributed by atoms with Gasteiger partial charge in [0.25, 0.3) is 5.91 Å². The zero-order chi connectivity index (χ0) is 23.6. The number of carbonyl (C=O) groups is 1. The lowest BCUT2D eigenvalue weighted by molar-refractivity contribution is 0.0951. The largest absolute Gasteiger partial charge is 0.365 e. The van der Waals surface area contributed by atoms with Gasteiger partial charge in [0.1, 0.15) is 17.2 Å². The molecule has 2 aromatic heterocycles. The molecule has 2 aromatic carbocycles. The van der Waals surface area contributed by atoms with E-state index in [1.165, 1.54) is 5.56 Å². The number of aromatic nitrogens is 2. The van der Waals surface area contributed by atoms with Crippen molar-refractivity contribution in [3.05, 3.63) is 89.1 Å². The smallest absolute Gasteiger partial charge is 0.251 e. The standard InChI is InChI=1S/C27H31N5O/c1-18-8-10-21(11-9-18)24-25(31-27(2,3)4)32-13-12-22(15-23(32)30-24)26(33)29-17-20-7-5-6-19(14-20)16-28/h5-15,31H,16-17,28H2,1-4H3,(H,29,33). The molecule has 4 N–H and O–H groups in total. The number of hydrogen-bond donors (Lipinski definition) is 3. The van der Waals surface area contributed by atoms with Gasteiger partial charge < -0.3 is 16.4 Å². The maximum absolute atomic E-state index is 12.9. The fourth-order valence-corrected chi connectivity index (χ4v) is 3.72. The Bertz CT molecular complexity index is 1280. The van der Waals surface area contributed by atoms with Gasteiger partial charge >= 0.3 is 0 Å². The number of nitrogens with two attached hydrogens (primary N) is 1. The van der Waals surface area contributed by atoms with Crippen molar-refractivity contribution >= 4 is 17.4 Å². The molecule has 0 bridgehead atoms. The molecule has 0 aliphatic heterocycles. The van der Waals surface area contributed by atoms with Gasteiger partial charge in [-0.05, 0) is 51.0 Å². The number of imidazole rings is 1. The van der Waals surface area contributed by atoms with Crippen LogP contribution in [-0.2, 0) is 13.1 Å². The van der Waals surface area contributed by atoms with E-state index in [9.17, 15) is 4.79 Å². The molecule has 0 spiro atoms. The number of nitrogens with one attached hydrogen (secondary N) is 2. The van der Waals surface area contributed by atoms with E-state index >= 15 is 0 Å². The van der Waals surface area contributed by atoms with Crippen molar-refractivity contribution < 1.29 is 4.79 Å². The van der Waals surface area contributed by atoms with Crippen molar-refractivity contribution in [2.24, 2.45) is 5.73 Å². The van der Waals surface area contributed by atoms with Crippen LogP contribution in [0.4, 0.5) is 5.82 Å². The number of benzene rings is 2. The monoisotopic (exact) mass is 441 g/mol. The summed E-state index contributed by atoms with van der Waals surface area (Å²) in [6.45, 7) is 9.34. The molecule has 0 fully saturated rings. The molecule has 0 aliphatic carbocycles. The van der Waals surface area contributed by atoms with Crippen LogP contribution in [0.5, 0.6) is 0 Å². The zero-order valence-corrected chi connectivity index (χ0v) is 19.6. The Morgan fingerprint density at radius 2 is 1.76 bits per heavy atom. The summed E-state index contributed by atoms with van der Waals surface area (Å²) in [5.74, 6) is 0.771. The van der Waals surface area contributed by atoms with Gasteiger partial charge in [-0.3, -0.25) is 9.20 Å². The second-order valence-corrected chi connectivity index (χ2v) is 9.40.